The number of urea groups is 1. The number of hydrogen-bond donors (Lipinski definition) is 6. The fraction of sp³-hybridized carbons (Fsp3) is 0.237. The molecule has 0 aliphatic heterocycles. The van der Waals surface area contributed by atoms with E-state index < -0.39 is 16.1 Å². The summed E-state index contributed by atoms with van der Waals surface area (Å²) in [6, 6.07) is 22.2. The highest BCUT2D eigenvalue weighted by molar-refractivity contribution is 7.92. The number of hydrogen-bond acceptors (Lipinski definition) is 10. The number of ether oxygens (including phenoxy) is 3. The minimum atomic E-state index is -3.64. The Bertz CT molecular complexity index is 2260. The third-order valence-corrected chi connectivity index (χ3v) is 8.50. The van der Waals surface area contributed by atoms with Gasteiger partial charge in [-0.15, -0.1) is 0 Å². The summed E-state index contributed by atoms with van der Waals surface area (Å²) in [4.78, 5) is 30.3. The van der Waals surface area contributed by atoms with E-state index in [2.05, 4.69) is 31.0 Å². The van der Waals surface area contributed by atoms with Gasteiger partial charge in [0.25, 0.3) is 5.91 Å². The number of amides is 3. The number of nitrogens with zero attached hydrogens (tertiary/aromatic N) is 1. The van der Waals surface area contributed by atoms with Crippen molar-refractivity contribution in [2.24, 2.45) is 0 Å². The second kappa shape index (κ2) is 16.1. The van der Waals surface area contributed by atoms with Gasteiger partial charge in [-0.3, -0.25) is 9.52 Å². The van der Waals surface area contributed by atoms with Crippen LogP contribution in [0.15, 0.2) is 85.1 Å². The maximum absolute atomic E-state index is 13.5. The Hall–Kier alpha value is -6.06. The van der Waals surface area contributed by atoms with Crippen molar-refractivity contribution in [2.75, 3.05) is 54.3 Å². The van der Waals surface area contributed by atoms with Gasteiger partial charge in [-0.1, -0.05) is 45.0 Å². The van der Waals surface area contributed by atoms with Crippen molar-refractivity contribution < 1.29 is 37.3 Å². The number of sulfonamides is 1. The fourth-order valence-electron chi connectivity index (χ4n) is 5.43. The molecule has 6 N–H and O–H groups in total. The molecule has 0 bridgehead atoms. The van der Waals surface area contributed by atoms with Gasteiger partial charge < -0.3 is 40.6 Å². The largest absolute Gasteiger partial charge is 0.496 e. The van der Waals surface area contributed by atoms with Gasteiger partial charge in [0.2, 0.25) is 10.0 Å². The van der Waals surface area contributed by atoms with E-state index >= 15 is 0 Å². The topological polar surface area (TPSA) is 189 Å². The highest BCUT2D eigenvalue weighted by atomic mass is 32.2. The van der Waals surface area contributed by atoms with Gasteiger partial charge in [-0.25, -0.2) is 18.2 Å². The SMILES string of the molecule is COc1cc(Nc2cc(Oc3ccc(NC(=O)Nc4cc(C(C)(C)C)cc(NS(C)(=O)=O)c4OC)c4ccccc34)ccn2)ccc1C(=O)NCCO. The van der Waals surface area contributed by atoms with Gasteiger partial charge in [-0.05, 0) is 53.4 Å². The molecule has 0 saturated carbocycles. The summed E-state index contributed by atoms with van der Waals surface area (Å²) in [6.07, 6.45) is 2.64. The lowest BCUT2D eigenvalue weighted by molar-refractivity contribution is 0.0941. The van der Waals surface area contributed by atoms with Crippen molar-refractivity contribution in [3.05, 3.63) is 96.2 Å². The fourth-order valence-corrected chi connectivity index (χ4v) is 5.99. The van der Waals surface area contributed by atoms with Gasteiger partial charge in [-0.2, -0.15) is 0 Å². The average molecular weight is 743 g/mol. The lowest BCUT2D eigenvalue weighted by atomic mass is 9.86. The third-order valence-electron chi connectivity index (χ3n) is 7.91. The molecule has 278 valence electrons. The number of pyridine rings is 1. The number of nitrogens with one attached hydrogen (secondary N) is 5. The quantitative estimate of drug-likeness (QED) is 0.0747. The van der Waals surface area contributed by atoms with Crippen LogP contribution in [0.25, 0.3) is 10.8 Å². The molecule has 53 heavy (non-hydrogen) atoms. The Morgan fingerprint density at radius 3 is 2.23 bits per heavy atom. The maximum atomic E-state index is 13.5. The number of methoxy groups -OCH3 is 2. The van der Waals surface area contributed by atoms with Crippen molar-refractivity contribution in [3.8, 4) is 23.0 Å². The summed E-state index contributed by atoms with van der Waals surface area (Å²) in [5.41, 5.74) is 2.34. The molecule has 5 rings (SSSR count). The van der Waals surface area contributed by atoms with Gasteiger partial charge >= 0.3 is 6.03 Å². The summed E-state index contributed by atoms with van der Waals surface area (Å²) in [6.45, 7) is 5.88. The van der Waals surface area contributed by atoms with Gasteiger partial charge in [0.1, 0.15) is 23.1 Å². The lowest BCUT2D eigenvalue weighted by Gasteiger charge is -2.24. The van der Waals surface area contributed by atoms with Crippen LogP contribution in [0.4, 0.5) is 33.4 Å². The third kappa shape index (κ3) is 9.64. The van der Waals surface area contributed by atoms with E-state index in [0.717, 1.165) is 17.2 Å². The molecule has 0 unspecified atom stereocenters. The highest BCUT2D eigenvalue weighted by Crippen LogP contribution is 2.40. The van der Waals surface area contributed by atoms with E-state index in [1.54, 1.807) is 60.8 Å². The Labute approximate surface area is 307 Å². The van der Waals surface area contributed by atoms with Crippen LogP contribution in [0.5, 0.6) is 23.0 Å². The highest BCUT2D eigenvalue weighted by Gasteiger charge is 2.23. The number of fused-ring (bicyclic) bond motifs is 1. The molecule has 0 spiro atoms. The van der Waals surface area contributed by atoms with Crippen LogP contribution < -0.4 is 40.2 Å². The number of aliphatic hydroxyl groups excluding tert-OH is 1. The van der Waals surface area contributed by atoms with Crippen LogP contribution >= 0.6 is 0 Å². The molecule has 0 fully saturated rings. The van der Waals surface area contributed by atoms with Crippen molar-refractivity contribution >= 4 is 61.3 Å². The summed E-state index contributed by atoms with van der Waals surface area (Å²) < 4.78 is 44.0. The van der Waals surface area contributed by atoms with Crippen LogP contribution in [0, 0.1) is 0 Å². The number of carbonyl (C=O) groups is 2. The first-order valence-electron chi connectivity index (χ1n) is 16.5. The van der Waals surface area contributed by atoms with Crippen LogP contribution in [0.3, 0.4) is 0 Å². The smallest absolute Gasteiger partial charge is 0.323 e. The number of aliphatic hydroxyl groups is 1. The molecule has 0 atom stereocenters. The van der Waals surface area contributed by atoms with Crippen molar-refractivity contribution in [2.45, 2.75) is 26.2 Å². The molecule has 4 aromatic carbocycles. The van der Waals surface area contributed by atoms with Gasteiger partial charge in [0, 0.05) is 41.3 Å². The molecular formula is C38H42N6O8S. The predicted octanol–water partition coefficient (Wildman–Crippen LogP) is 6.82. The number of benzene rings is 4. The lowest BCUT2D eigenvalue weighted by Crippen LogP contribution is -2.26. The molecule has 1 heterocycles. The van der Waals surface area contributed by atoms with E-state index in [9.17, 15) is 18.0 Å². The normalized spacial score (nSPS) is 11.4. The number of anilines is 5. The Morgan fingerprint density at radius 2 is 1.55 bits per heavy atom. The molecular weight excluding hydrogens is 701 g/mol. The van der Waals surface area contributed by atoms with E-state index in [1.807, 2.05) is 45.0 Å². The van der Waals surface area contributed by atoms with Gasteiger partial charge in [0.15, 0.2) is 5.75 Å². The zero-order valence-corrected chi connectivity index (χ0v) is 31.0. The summed E-state index contributed by atoms with van der Waals surface area (Å²) in [5, 5.41) is 22.0. The second-order valence-electron chi connectivity index (χ2n) is 13.0. The first-order chi connectivity index (χ1) is 25.2. The predicted molar refractivity (Wildman–Crippen MR) is 207 cm³/mol. The first-order valence-corrected chi connectivity index (χ1v) is 18.4. The summed E-state index contributed by atoms with van der Waals surface area (Å²) in [7, 11) is -0.781. The van der Waals surface area contributed by atoms with Crippen LogP contribution in [0.2, 0.25) is 0 Å². The molecule has 14 nitrogen and oxygen atoms in total. The molecule has 0 saturated heterocycles. The number of aromatic nitrogens is 1. The van der Waals surface area contributed by atoms with Gasteiger partial charge in [0.05, 0.1) is 49.7 Å². The Morgan fingerprint density at radius 1 is 0.830 bits per heavy atom. The van der Waals surface area contributed by atoms with E-state index in [4.69, 9.17) is 19.3 Å². The average Bonchev–Trinajstić information content (AvgIpc) is 3.10. The van der Waals surface area contributed by atoms with Crippen molar-refractivity contribution in [1.82, 2.24) is 10.3 Å². The van der Waals surface area contributed by atoms with Crippen molar-refractivity contribution in [1.29, 1.82) is 0 Å². The summed E-state index contributed by atoms with van der Waals surface area (Å²) >= 11 is 0. The number of rotatable bonds is 13. The molecule has 0 aliphatic rings. The maximum Gasteiger partial charge on any atom is 0.323 e. The Kier molecular flexibility index (Phi) is 11.6. The minimum Gasteiger partial charge on any atom is -0.496 e. The Balaban J connectivity index is 1.36. The molecule has 1 aromatic heterocycles. The molecule has 3 amide bonds. The van der Waals surface area contributed by atoms with E-state index in [1.165, 1.54) is 14.2 Å². The van der Waals surface area contributed by atoms with Crippen LogP contribution in [0.1, 0.15) is 36.7 Å². The molecule has 0 aliphatic carbocycles. The molecule has 5 aromatic rings. The standard InChI is InChI=1S/C38H42N6O8S/c1-38(2,3)23-19-30(35(51-5)31(20-23)44-53(6,48)49)43-37(47)42-29-13-14-32(27-10-8-7-9-26(27)29)52-25-15-16-39-34(22-25)41-24-11-12-28(33(21-24)50-4)36(46)40-17-18-45/h7-16,19-22,44-45H,17-18H2,1-6H3,(H,39,41)(H,40,46)(H2,42,43,47). The van der Waals surface area contributed by atoms with Crippen LogP contribution in [-0.2, 0) is 15.4 Å². The minimum absolute atomic E-state index is 0.125. The van der Waals surface area contributed by atoms with E-state index in [-0.39, 0.29) is 41.6 Å². The zero-order chi connectivity index (χ0) is 38.3. The monoisotopic (exact) mass is 742 g/mol. The number of carbonyl (C=O) groups excluding carboxylic acids is 2. The summed E-state index contributed by atoms with van der Waals surface area (Å²) in [5.74, 6) is 1.63. The molecule has 15 heteroatoms. The zero-order valence-electron chi connectivity index (χ0n) is 30.2. The second-order valence-corrected chi connectivity index (χ2v) is 14.7. The van der Waals surface area contributed by atoms with E-state index in [0.29, 0.717) is 45.4 Å². The van der Waals surface area contributed by atoms with Crippen molar-refractivity contribution in [3.63, 3.8) is 0 Å². The van der Waals surface area contributed by atoms with Crippen LogP contribution in [-0.4, -0.2) is 64.1 Å². The molecule has 0 radical (unpaired) electrons. The first kappa shape index (κ1) is 38.2.